The number of Topliss-reactive ketones (excluding diaryl/α,β-unsaturated/α-hetero) is 1. The third kappa shape index (κ3) is 3.29. The van der Waals surface area contributed by atoms with Crippen molar-refractivity contribution in [3.05, 3.63) is 35.9 Å². The third-order valence-corrected chi connectivity index (χ3v) is 4.84. The average Bonchev–Trinajstić information content (AvgIpc) is 2.27. The normalized spacial score (nSPS) is 14.3. The molecule has 0 unspecified atom stereocenters. The van der Waals surface area contributed by atoms with Crippen LogP contribution in [0.4, 0.5) is 0 Å². The van der Waals surface area contributed by atoms with Crippen molar-refractivity contribution in [2.24, 2.45) is 5.92 Å². The summed E-state index contributed by atoms with van der Waals surface area (Å²) in [5.41, 5.74) is 0.986. The van der Waals surface area contributed by atoms with Crippen molar-refractivity contribution in [2.75, 3.05) is 0 Å². The van der Waals surface area contributed by atoms with Crippen molar-refractivity contribution in [3.63, 3.8) is 0 Å². The van der Waals surface area contributed by atoms with Crippen molar-refractivity contribution in [1.82, 2.24) is 0 Å². The second-order valence-electron chi connectivity index (χ2n) is 5.06. The van der Waals surface area contributed by atoms with Crippen molar-refractivity contribution < 1.29 is 19.1 Å². The first-order valence-electron chi connectivity index (χ1n) is 5.80. The molecule has 100 valence electrons. The van der Waals surface area contributed by atoms with Gasteiger partial charge in [0.2, 0.25) is 0 Å². The van der Waals surface area contributed by atoms with Crippen LogP contribution < -0.4 is 0 Å². The van der Waals surface area contributed by atoms with E-state index >= 15 is 0 Å². The first-order chi connectivity index (χ1) is 8.16. The number of hydrogen-bond donors (Lipinski definition) is 2. The summed E-state index contributed by atoms with van der Waals surface area (Å²) in [7, 11) is -4.43. The Bertz CT molecular complexity index is 461. The first kappa shape index (κ1) is 15.1. The summed E-state index contributed by atoms with van der Waals surface area (Å²) in [4.78, 5) is 30.6. The molecule has 0 aliphatic rings. The molecule has 4 nitrogen and oxygen atoms in total. The fourth-order valence-corrected chi connectivity index (χ4v) is 2.31. The lowest BCUT2D eigenvalue weighted by atomic mass is 9.90. The predicted octanol–water partition coefficient (Wildman–Crippen LogP) is 2.39. The van der Waals surface area contributed by atoms with Gasteiger partial charge in [-0.3, -0.25) is 9.36 Å². The van der Waals surface area contributed by atoms with Crippen molar-refractivity contribution >= 4 is 13.4 Å². The molecule has 1 aromatic rings. The Morgan fingerprint density at radius 1 is 1.28 bits per heavy atom. The van der Waals surface area contributed by atoms with Crippen LogP contribution in [-0.2, 0) is 15.8 Å². The summed E-state index contributed by atoms with van der Waals surface area (Å²) in [6.07, 6.45) is 0.489. The minimum atomic E-state index is -4.43. The van der Waals surface area contributed by atoms with Crippen molar-refractivity contribution in [3.8, 4) is 0 Å². The van der Waals surface area contributed by atoms with Crippen LogP contribution in [0, 0.1) is 5.92 Å². The molecule has 5 heteroatoms. The monoisotopic (exact) mass is 270 g/mol. The van der Waals surface area contributed by atoms with Gasteiger partial charge in [0.1, 0.15) is 5.16 Å². The van der Waals surface area contributed by atoms with Gasteiger partial charge in [0.15, 0.2) is 5.78 Å². The molecule has 1 rings (SSSR count). The average molecular weight is 270 g/mol. The largest absolute Gasteiger partial charge is 0.338 e. The molecule has 0 aromatic heterocycles. The van der Waals surface area contributed by atoms with E-state index in [1.54, 1.807) is 6.92 Å². The zero-order valence-corrected chi connectivity index (χ0v) is 11.7. The number of hydrogen-bond acceptors (Lipinski definition) is 2. The minimum absolute atomic E-state index is 0.403. The zero-order valence-electron chi connectivity index (χ0n) is 10.8. The van der Waals surface area contributed by atoms with Gasteiger partial charge in [-0.1, -0.05) is 37.3 Å². The molecule has 0 aliphatic carbocycles. The van der Waals surface area contributed by atoms with E-state index in [1.807, 2.05) is 30.3 Å². The van der Waals surface area contributed by atoms with E-state index in [9.17, 15) is 19.1 Å². The predicted molar refractivity (Wildman–Crippen MR) is 70.4 cm³/mol. The topological polar surface area (TPSA) is 74.6 Å². The summed E-state index contributed by atoms with van der Waals surface area (Å²) >= 11 is 0. The Morgan fingerprint density at radius 3 is 2.22 bits per heavy atom. The Hall–Kier alpha value is -0.960. The fraction of sp³-hybridized carbons (Fsp3) is 0.462. The van der Waals surface area contributed by atoms with Gasteiger partial charge in [0, 0.05) is 5.92 Å². The van der Waals surface area contributed by atoms with Gasteiger partial charge in [-0.25, -0.2) is 0 Å². The van der Waals surface area contributed by atoms with E-state index in [1.165, 1.54) is 13.8 Å². The Kier molecular flexibility index (Phi) is 4.49. The number of benzene rings is 1. The van der Waals surface area contributed by atoms with Gasteiger partial charge in [0.05, 0.1) is 0 Å². The lowest BCUT2D eigenvalue weighted by Crippen LogP contribution is -2.36. The maximum Gasteiger partial charge on any atom is 0.338 e. The van der Waals surface area contributed by atoms with Crippen LogP contribution in [0.25, 0.3) is 0 Å². The number of carbonyl (C=O) groups is 1. The molecule has 18 heavy (non-hydrogen) atoms. The molecule has 0 saturated carbocycles. The molecule has 0 fully saturated rings. The van der Waals surface area contributed by atoms with E-state index in [2.05, 4.69) is 0 Å². The summed E-state index contributed by atoms with van der Waals surface area (Å²) in [6.45, 7) is 4.31. The van der Waals surface area contributed by atoms with Gasteiger partial charge in [-0.05, 0) is 25.8 Å². The van der Waals surface area contributed by atoms with E-state index < -0.39 is 24.5 Å². The highest BCUT2D eigenvalue weighted by Crippen LogP contribution is 2.51. The van der Waals surface area contributed by atoms with Gasteiger partial charge < -0.3 is 9.79 Å². The Morgan fingerprint density at radius 2 is 1.78 bits per heavy atom. The minimum Gasteiger partial charge on any atom is -0.324 e. The van der Waals surface area contributed by atoms with Crippen molar-refractivity contribution in [1.29, 1.82) is 0 Å². The van der Waals surface area contributed by atoms with Crippen molar-refractivity contribution in [2.45, 2.75) is 32.3 Å². The van der Waals surface area contributed by atoms with Crippen LogP contribution in [0.2, 0.25) is 0 Å². The molecule has 1 atom stereocenters. The van der Waals surface area contributed by atoms with Crippen LogP contribution in [0.3, 0.4) is 0 Å². The Balaban J connectivity index is 2.83. The summed E-state index contributed by atoms with van der Waals surface area (Å²) < 4.78 is 11.3. The lowest BCUT2D eigenvalue weighted by Gasteiger charge is -2.27. The molecule has 0 bridgehead atoms. The highest BCUT2D eigenvalue weighted by atomic mass is 31.2. The Labute approximate surface area is 107 Å². The number of ketones is 1. The van der Waals surface area contributed by atoms with E-state index in [4.69, 9.17) is 0 Å². The smallest absolute Gasteiger partial charge is 0.324 e. The zero-order chi connectivity index (χ0) is 14.0. The first-order valence-corrected chi connectivity index (χ1v) is 7.41. The van der Waals surface area contributed by atoms with Crippen LogP contribution in [-0.4, -0.2) is 20.7 Å². The maximum absolute atomic E-state index is 12.1. The highest BCUT2D eigenvalue weighted by Gasteiger charge is 2.45. The highest BCUT2D eigenvalue weighted by molar-refractivity contribution is 7.54. The fourth-order valence-electron chi connectivity index (χ4n) is 1.81. The summed E-state index contributed by atoms with van der Waals surface area (Å²) in [5.74, 6) is -0.824. The van der Waals surface area contributed by atoms with Gasteiger partial charge in [-0.2, -0.15) is 0 Å². The number of carbonyl (C=O) groups excluding carboxylic acids is 1. The van der Waals surface area contributed by atoms with Gasteiger partial charge in [-0.15, -0.1) is 0 Å². The molecule has 2 N–H and O–H groups in total. The van der Waals surface area contributed by atoms with E-state index in [0.29, 0.717) is 6.42 Å². The SMILES string of the molecule is C[C@@H](Cc1ccccc1)C(=O)C(C)(C)P(=O)(O)O. The number of rotatable bonds is 5. The van der Waals surface area contributed by atoms with Crippen LogP contribution in [0.15, 0.2) is 30.3 Å². The van der Waals surface area contributed by atoms with Crippen LogP contribution >= 0.6 is 7.60 Å². The van der Waals surface area contributed by atoms with E-state index in [0.717, 1.165) is 5.56 Å². The second kappa shape index (κ2) is 5.35. The van der Waals surface area contributed by atoms with Crippen LogP contribution in [0.5, 0.6) is 0 Å². The second-order valence-corrected chi connectivity index (χ2v) is 7.26. The third-order valence-electron chi connectivity index (χ3n) is 3.16. The summed E-state index contributed by atoms with van der Waals surface area (Å²) in [5, 5.41) is -1.62. The van der Waals surface area contributed by atoms with Gasteiger partial charge >= 0.3 is 7.60 Å². The van der Waals surface area contributed by atoms with Crippen LogP contribution in [0.1, 0.15) is 26.3 Å². The molecule has 0 spiro atoms. The quantitative estimate of drug-likeness (QED) is 0.806. The standard InChI is InChI=1S/C13H19O4P/c1-10(9-11-7-5-4-6-8-11)12(14)13(2,3)18(15,16)17/h4-8,10H,9H2,1-3H3,(H2,15,16,17)/t10-/m0/s1. The molecule has 1 aromatic carbocycles. The lowest BCUT2D eigenvalue weighted by molar-refractivity contribution is -0.124. The molecule has 0 radical (unpaired) electrons. The molecular formula is C13H19O4P. The molecule has 0 amide bonds. The summed E-state index contributed by atoms with van der Waals surface area (Å²) in [6, 6.07) is 9.43. The molecule has 0 saturated heterocycles. The van der Waals surface area contributed by atoms with E-state index in [-0.39, 0.29) is 0 Å². The molecule has 0 heterocycles. The molecule has 0 aliphatic heterocycles. The van der Waals surface area contributed by atoms with Gasteiger partial charge in [0.25, 0.3) is 0 Å². The maximum atomic E-state index is 12.1. The molecular weight excluding hydrogens is 251 g/mol.